The molecule has 3 nitrogen and oxygen atoms in total. The Morgan fingerprint density at radius 3 is 2.23 bits per heavy atom. The van der Waals surface area contributed by atoms with Crippen LogP contribution in [0.5, 0.6) is 0 Å². The van der Waals surface area contributed by atoms with Crippen molar-refractivity contribution in [2.45, 2.75) is 12.0 Å². The van der Waals surface area contributed by atoms with E-state index in [-0.39, 0.29) is 18.6 Å². The molecule has 4 heteroatoms. The second kappa shape index (κ2) is 7.32. The lowest BCUT2D eigenvalue weighted by Gasteiger charge is -2.26. The fourth-order valence-corrected chi connectivity index (χ4v) is 3.70. The van der Waals surface area contributed by atoms with E-state index < -0.39 is 0 Å². The Morgan fingerprint density at radius 2 is 1.58 bits per heavy atom. The largest absolute Gasteiger partial charge is 0.394 e. The molecular formula is C22H19ClN2O. The number of hydrogen-bond acceptors (Lipinski definition) is 3. The third-order valence-electron chi connectivity index (χ3n) is 4.70. The molecule has 0 saturated carbocycles. The topological polar surface area (TPSA) is 35.8 Å². The third-order valence-corrected chi connectivity index (χ3v) is 4.93. The van der Waals surface area contributed by atoms with E-state index in [1.54, 1.807) is 0 Å². The second-order valence-electron chi connectivity index (χ2n) is 6.31. The summed E-state index contributed by atoms with van der Waals surface area (Å²) in [6.45, 7) is 0.00200. The highest BCUT2D eigenvalue weighted by Gasteiger charge is 2.39. The Kier molecular flexibility index (Phi) is 4.74. The van der Waals surface area contributed by atoms with Crippen LogP contribution in [0.25, 0.3) is 0 Å². The maximum Gasteiger partial charge on any atom is 0.0881 e. The number of aliphatic hydroxyl groups is 1. The molecule has 4 rings (SSSR count). The summed E-state index contributed by atoms with van der Waals surface area (Å²) in [5.41, 5.74) is 3.98. The fraction of sp³-hybridized carbons (Fsp3) is 0.136. The van der Waals surface area contributed by atoms with Crippen molar-refractivity contribution in [2.75, 3.05) is 11.6 Å². The minimum atomic E-state index is -0.172. The molecule has 0 amide bonds. The molecule has 0 radical (unpaired) electrons. The van der Waals surface area contributed by atoms with Gasteiger partial charge in [0.2, 0.25) is 0 Å². The van der Waals surface area contributed by atoms with Crippen molar-refractivity contribution in [3.05, 3.63) is 101 Å². The smallest absolute Gasteiger partial charge is 0.0881 e. The summed E-state index contributed by atoms with van der Waals surface area (Å²) in [4.78, 5) is 0. The number of para-hydroxylation sites is 1. The van der Waals surface area contributed by atoms with Gasteiger partial charge >= 0.3 is 0 Å². The van der Waals surface area contributed by atoms with Gasteiger partial charge in [0.25, 0.3) is 0 Å². The van der Waals surface area contributed by atoms with E-state index in [0.717, 1.165) is 22.5 Å². The Hall–Kier alpha value is -2.62. The zero-order valence-corrected chi connectivity index (χ0v) is 14.9. The number of hydrogen-bond donors (Lipinski definition) is 1. The molecule has 1 N–H and O–H groups in total. The van der Waals surface area contributed by atoms with Gasteiger partial charge in [-0.2, -0.15) is 5.10 Å². The highest BCUT2D eigenvalue weighted by Crippen LogP contribution is 2.37. The van der Waals surface area contributed by atoms with Gasteiger partial charge < -0.3 is 5.11 Å². The lowest BCUT2D eigenvalue weighted by Crippen LogP contribution is -2.35. The van der Waals surface area contributed by atoms with E-state index in [2.05, 4.69) is 12.1 Å². The van der Waals surface area contributed by atoms with Crippen LogP contribution in [0.3, 0.4) is 0 Å². The maximum absolute atomic E-state index is 10.2. The summed E-state index contributed by atoms with van der Waals surface area (Å²) in [6.07, 6.45) is 0. The molecule has 1 aliphatic rings. The Morgan fingerprint density at radius 1 is 0.885 bits per heavy atom. The van der Waals surface area contributed by atoms with Gasteiger partial charge in [0.05, 0.1) is 30.0 Å². The summed E-state index contributed by atoms with van der Waals surface area (Å²) < 4.78 is 0. The van der Waals surface area contributed by atoms with Crippen molar-refractivity contribution in [3.8, 4) is 0 Å². The Balaban J connectivity index is 1.85. The van der Waals surface area contributed by atoms with Gasteiger partial charge in [0.1, 0.15) is 0 Å². The molecule has 0 spiro atoms. The van der Waals surface area contributed by atoms with Gasteiger partial charge in [-0.3, -0.25) is 5.01 Å². The summed E-state index contributed by atoms with van der Waals surface area (Å²) >= 11 is 6.22. The molecule has 0 fully saturated rings. The monoisotopic (exact) mass is 362 g/mol. The number of halogens is 1. The normalized spacial score (nSPS) is 19.5. The zero-order chi connectivity index (χ0) is 17.9. The number of hydrazone groups is 1. The predicted octanol–water partition coefficient (Wildman–Crippen LogP) is 4.71. The third kappa shape index (κ3) is 3.12. The lowest BCUT2D eigenvalue weighted by molar-refractivity contribution is 0.259. The van der Waals surface area contributed by atoms with E-state index in [4.69, 9.17) is 16.7 Å². The first kappa shape index (κ1) is 16.8. The molecular weight excluding hydrogens is 344 g/mol. The number of nitrogens with zero attached hydrogens (tertiary/aromatic N) is 2. The fourth-order valence-electron chi connectivity index (χ4n) is 3.51. The van der Waals surface area contributed by atoms with Crippen LogP contribution in [0, 0.1) is 0 Å². The van der Waals surface area contributed by atoms with E-state index in [1.165, 1.54) is 0 Å². The molecule has 1 heterocycles. The van der Waals surface area contributed by atoms with Crippen molar-refractivity contribution in [1.29, 1.82) is 0 Å². The van der Waals surface area contributed by atoms with Gasteiger partial charge in [0, 0.05) is 5.02 Å². The number of aliphatic hydroxyl groups excluding tert-OH is 1. The van der Waals surface area contributed by atoms with Crippen molar-refractivity contribution < 1.29 is 5.11 Å². The number of anilines is 1. The van der Waals surface area contributed by atoms with Gasteiger partial charge in [-0.25, -0.2) is 0 Å². The van der Waals surface area contributed by atoms with Crippen molar-refractivity contribution >= 4 is 23.0 Å². The average molecular weight is 363 g/mol. The van der Waals surface area contributed by atoms with E-state index in [1.807, 2.05) is 77.8 Å². The Labute approximate surface area is 158 Å². The number of benzene rings is 3. The van der Waals surface area contributed by atoms with E-state index >= 15 is 0 Å². The molecule has 2 atom stereocenters. The van der Waals surface area contributed by atoms with Crippen LogP contribution >= 0.6 is 11.6 Å². The van der Waals surface area contributed by atoms with Crippen LogP contribution in [-0.4, -0.2) is 23.5 Å². The standard InChI is InChI=1S/C22H19ClN2O/c23-18-11-7-10-17(14-18)22-21(16-8-3-1-4-9-16)20(15-26)25(24-22)19-12-5-2-6-13-19/h1-14,20-21,26H,15H2/t20-,21-/m1/s1. The minimum absolute atomic E-state index is 0.00200. The van der Waals surface area contributed by atoms with Gasteiger partial charge in [-0.15, -0.1) is 0 Å². The van der Waals surface area contributed by atoms with Crippen molar-refractivity contribution in [2.24, 2.45) is 5.10 Å². The molecule has 0 bridgehead atoms. The zero-order valence-electron chi connectivity index (χ0n) is 14.2. The molecule has 130 valence electrons. The van der Waals surface area contributed by atoms with Gasteiger partial charge in [0.15, 0.2) is 0 Å². The highest BCUT2D eigenvalue weighted by atomic mass is 35.5. The molecule has 3 aromatic rings. The van der Waals surface area contributed by atoms with E-state index in [0.29, 0.717) is 5.02 Å². The molecule has 26 heavy (non-hydrogen) atoms. The van der Waals surface area contributed by atoms with Crippen LogP contribution in [-0.2, 0) is 0 Å². The maximum atomic E-state index is 10.2. The van der Waals surface area contributed by atoms with Crippen molar-refractivity contribution in [1.82, 2.24) is 0 Å². The minimum Gasteiger partial charge on any atom is -0.394 e. The van der Waals surface area contributed by atoms with Crippen LogP contribution in [0.4, 0.5) is 5.69 Å². The number of rotatable bonds is 4. The van der Waals surface area contributed by atoms with Crippen LogP contribution in [0.15, 0.2) is 90.0 Å². The Bertz CT molecular complexity index is 912. The van der Waals surface area contributed by atoms with Crippen LogP contribution in [0.2, 0.25) is 5.02 Å². The first-order valence-corrected chi connectivity index (χ1v) is 9.00. The summed E-state index contributed by atoms with van der Waals surface area (Å²) in [6, 6.07) is 27.7. The molecule has 0 unspecified atom stereocenters. The predicted molar refractivity (Wildman–Crippen MR) is 107 cm³/mol. The second-order valence-corrected chi connectivity index (χ2v) is 6.75. The molecule has 0 saturated heterocycles. The molecule has 1 aliphatic heterocycles. The highest BCUT2D eigenvalue weighted by molar-refractivity contribution is 6.31. The van der Waals surface area contributed by atoms with Gasteiger partial charge in [-0.05, 0) is 35.4 Å². The lowest BCUT2D eigenvalue weighted by atomic mass is 9.85. The quantitative estimate of drug-likeness (QED) is 0.729. The SMILES string of the molecule is OC[C@@H]1[C@@H](c2ccccc2)C(c2cccc(Cl)c2)=NN1c1ccccc1. The first-order chi connectivity index (χ1) is 12.8. The average Bonchev–Trinajstić information content (AvgIpc) is 3.09. The van der Waals surface area contributed by atoms with Crippen molar-refractivity contribution in [3.63, 3.8) is 0 Å². The summed E-state index contributed by atoms with van der Waals surface area (Å²) in [5.74, 6) is -0.0418. The molecule has 0 aliphatic carbocycles. The van der Waals surface area contributed by atoms with Crippen LogP contribution < -0.4 is 5.01 Å². The molecule has 0 aromatic heterocycles. The van der Waals surface area contributed by atoms with E-state index in [9.17, 15) is 5.11 Å². The summed E-state index contributed by atoms with van der Waals surface area (Å²) in [5, 5.41) is 17.7. The van der Waals surface area contributed by atoms with Gasteiger partial charge in [-0.1, -0.05) is 72.3 Å². The molecule has 3 aromatic carbocycles. The van der Waals surface area contributed by atoms with Crippen LogP contribution in [0.1, 0.15) is 17.0 Å². The summed E-state index contributed by atoms with van der Waals surface area (Å²) in [7, 11) is 0. The first-order valence-electron chi connectivity index (χ1n) is 8.62.